The minimum Gasteiger partial charge on any atom is -0.339 e. The number of carbonyl (C=O) groups is 1. The maximum atomic E-state index is 12.5. The summed E-state index contributed by atoms with van der Waals surface area (Å²) in [5, 5.41) is 4.49. The van der Waals surface area contributed by atoms with Crippen molar-refractivity contribution in [2.45, 2.75) is 38.8 Å². The zero-order chi connectivity index (χ0) is 14.7. The molecule has 2 aliphatic rings. The Hall–Kier alpha value is -0.110. The first-order valence-corrected chi connectivity index (χ1v) is 8.70. The van der Waals surface area contributed by atoms with Crippen molar-refractivity contribution in [3.8, 4) is 0 Å². The molecule has 2 aliphatic heterocycles. The number of amides is 1. The maximum absolute atomic E-state index is 12.5. The second-order valence-corrected chi connectivity index (χ2v) is 7.27. The Morgan fingerprint density at radius 3 is 2.50 bits per heavy atom. The lowest BCUT2D eigenvalue weighted by Crippen LogP contribution is -2.54. The third kappa shape index (κ3) is 6.32. The van der Waals surface area contributed by atoms with Gasteiger partial charge < -0.3 is 10.2 Å². The molecule has 0 bridgehead atoms. The van der Waals surface area contributed by atoms with Gasteiger partial charge in [-0.2, -0.15) is 0 Å². The van der Waals surface area contributed by atoms with Crippen molar-refractivity contribution >= 4 is 54.5 Å². The lowest BCUT2D eigenvalue weighted by Gasteiger charge is -2.37. The Morgan fingerprint density at radius 1 is 1.25 bits per heavy atom. The molecular formula is C15H27Cl3N4OS. The Labute approximate surface area is 166 Å². The summed E-state index contributed by atoms with van der Waals surface area (Å²) in [4.78, 5) is 22.5. The number of aryl methyl sites for hydroxylation is 1. The summed E-state index contributed by atoms with van der Waals surface area (Å²) in [5.74, 6) is 0.308. The smallest absolute Gasteiger partial charge is 0.239 e. The van der Waals surface area contributed by atoms with E-state index in [9.17, 15) is 4.79 Å². The predicted molar refractivity (Wildman–Crippen MR) is 106 cm³/mol. The van der Waals surface area contributed by atoms with Crippen molar-refractivity contribution in [2.24, 2.45) is 0 Å². The van der Waals surface area contributed by atoms with Gasteiger partial charge in [0.15, 0.2) is 0 Å². The zero-order valence-corrected chi connectivity index (χ0v) is 17.2. The summed E-state index contributed by atoms with van der Waals surface area (Å²) in [6.45, 7) is 7.65. The molecule has 2 fully saturated rings. The maximum Gasteiger partial charge on any atom is 0.239 e. The van der Waals surface area contributed by atoms with Gasteiger partial charge in [0.1, 0.15) is 0 Å². The Balaban J connectivity index is 0.00000176. The first-order valence-electron chi connectivity index (χ1n) is 7.88. The van der Waals surface area contributed by atoms with E-state index >= 15 is 0 Å². The van der Waals surface area contributed by atoms with Crippen molar-refractivity contribution in [2.75, 3.05) is 32.7 Å². The van der Waals surface area contributed by atoms with E-state index in [4.69, 9.17) is 0 Å². The molecule has 1 aromatic rings. The number of piperazine rings is 1. The zero-order valence-electron chi connectivity index (χ0n) is 13.9. The summed E-state index contributed by atoms with van der Waals surface area (Å²) < 4.78 is 0. The summed E-state index contributed by atoms with van der Waals surface area (Å²) in [5.41, 5.74) is 0. The number of thiazole rings is 1. The van der Waals surface area contributed by atoms with Crippen LogP contribution >= 0.6 is 48.6 Å². The number of nitrogens with one attached hydrogen (secondary N) is 1. The number of halogens is 3. The van der Waals surface area contributed by atoms with E-state index in [2.05, 4.69) is 15.2 Å². The number of piperidine rings is 1. The van der Waals surface area contributed by atoms with Crippen LogP contribution in [0.15, 0.2) is 6.20 Å². The number of carbonyl (C=O) groups excluding carboxylic acids is 1. The van der Waals surface area contributed by atoms with Crippen molar-refractivity contribution in [1.29, 1.82) is 0 Å². The molecule has 2 saturated heterocycles. The molecule has 3 rings (SSSR count). The fraction of sp³-hybridized carbons (Fsp3) is 0.733. The minimum absolute atomic E-state index is 0. The molecule has 24 heavy (non-hydrogen) atoms. The average Bonchev–Trinajstić information content (AvgIpc) is 2.93. The van der Waals surface area contributed by atoms with Gasteiger partial charge in [-0.05, 0) is 26.3 Å². The molecule has 1 amide bonds. The minimum atomic E-state index is 0. The molecule has 0 aromatic carbocycles. The van der Waals surface area contributed by atoms with Gasteiger partial charge in [0.05, 0.1) is 11.0 Å². The monoisotopic (exact) mass is 416 g/mol. The number of hydrogen-bond acceptors (Lipinski definition) is 5. The quantitative estimate of drug-likeness (QED) is 0.821. The highest BCUT2D eigenvalue weighted by Crippen LogP contribution is 2.16. The number of aromatic nitrogens is 1. The molecule has 0 saturated carbocycles. The van der Waals surface area contributed by atoms with Gasteiger partial charge in [0.25, 0.3) is 0 Å². The van der Waals surface area contributed by atoms with E-state index in [1.54, 1.807) is 11.3 Å². The third-order valence-corrected chi connectivity index (χ3v) is 5.24. The summed E-state index contributed by atoms with van der Waals surface area (Å²) in [6, 6.07) is 0.0643. The van der Waals surface area contributed by atoms with E-state index in [0.29, 0.717) is 5.91 Å². The van der Waals surface area contributed by atoms with Crippen LogP contribution in [0.4, 0.5) is 0 Å². The van der Waals surface area contributed by atoms with Crippen LogP contribution in [0.25, 0.3) is 0 Å². The fourth-order valence-corrected chi connectivity index (χ4v) is 3.95. The number of rotatable bonds is 3. The van der Waals surface area contributed by atoms with Crippen LogP contribution in [0.3, 0.4) is 0 Å². The second-order valence-electron chi connectivity index (χ2n) is 5.95. The van der Waals surface area contributed by atoms with E-state index in [0.717, 1.165) is 50.7 Å². The molecule has 0 aliphatic carbocycles. The second kappa shape index (κ2) is 11.5. The van der Waals surface area contributed by atoms with Crippen LogP contribution < -0.4 is 5.32 Å². The molecule has 9 heteroatoms. The number of hydrogen-bond donors (Lipinski definition) is 1. The standard InChI is InChI=1S/C15H24N4OS.3ClH/c1-12-17-10-13(21-12)11-18-6-8-19(9-7-18)15(20)14-4-2-3-5-16-14;;;/h10,14,16H,2-9,11H2,1H3;3*1H/t14-;;;/m1.../s1. The van der Waals surface area contributed by atoms with Crippen LogP contribution in [-0.4, -0.2) is 59.5 Å². The Morgan fingerprint density at radius 2 is 1.96 bits per heavy atom. The van der Waals surface area contributed by atoms with Crippen molar-refractivity contribution in [1.82, 2.24) is 20.1 Å². The highest BCUT2D eigenvalue weighted by Gasteiger charge is 2.28. The van der Waals surface area contributed by atoms with Crippen LogP contribution in [-0.2, 0) is 11.3 Å². The molecule has 1 N–H and O–H groups in total. The highest BCUT2D eigenvalue weighted by molar-refractivity contribution is 7.11. The lowest BCUT2D eigenvalue weighted by molar-refractivity contribution is -0.135. The van der Waals surface area contributed by atoms with Crippen LogP contribution in [0.5, 0.6) is 0 Å². The summed E-state index contributed by atoms with van der Waals surface area (Å²) >= 11 is 1.77. The van der Waals surface area contributed by atoms with Gasteiger partial charge in [-0.1, -0.05) is 6.42 Å². The van der Waals surface area contributed by atoms with Crippen LogP contribution in [0.2, 0.25) is 0 Å². The highest BCUT2D eigenvalue weighted by atomic mass is 35.5. The van der Waals surface area contributed by atoms with Gasteiger partial charge in [-0.15, -0.1) is 48.6 Å². The molecule has 0 radical (unpaired) electrons. The molecule has 1 atom stereocenters. The van der Waals surface area contributed by atoms with Gasteiger partial charge in [0, 0.05) is 43.8 Å². The van der Waals surface area contributed by atoms with E-state index in [1.807, 2.05) is 18.0 Å². The molecule has 0 unspecified atom stereocenters. The first kappa shape index (κ1) is 23.9. The SMILES string of the molecule is Cc1ncc(CN2CCN(C(=O)[C@H]3CCCCN3)CC2)s1.Cl.Cl.Cl. The fourth-order valence-electron chi connectivity index (χ4n) is 3.11. The normalized spacial score (nSPS) is 21.2. The topological polar surface area (TPSA) is 48.5 Å². The van der Waals surface area contributed by atoms with Gasteiger partial charge in [0.2, 0.25) is 5.91 Å². The van der Waals surface area contributed by atoms with Crippen molar-refractivity contribution in [3.63, 3.8) is 0 Å². The first-order chi connectivity index (χ1) is 10.2. The van der Waals surface area contributed by atoms with Crippen molar-refractivity contribution < 1.29 is 4.79 Å². The van der Waals surface area contributed by atoms with Gasteiger partial charge in [-0.25, -0.2) is 4.98 Å². The molecular weight excluding hydrogens is 391 g/mol. The lowest BCUT2D eigenvalue weighted by atomic mass is 10.0. The van der Waals surface area contributed by atoms with Crippen LogP contribution in [0, 0.1) is 6.92 Å². The van der Waals surface area contributed by atoms with E-state index in [1.165, 1.54) is 17.7 Å². The Kier molecular flexibility index (Phi) is 11.4. The summed E-state index contributed by atoms with van der Waals surface area (Å²) in [7, 11) is 0. The van der Waals surface area contributed by atoms with Crippen LogP contribution in [0.1, 0.15) is 29.1 Å². The number of nitrogens with zero attached hydrogens (tertiary/aromatic N) is 3. The Bertz CT molecular complexity index is 489. The third-order valence-electron chi connectivity index (χ3n) is 4.34. The van der Waals surface area contributed by atoms with E-state index in [-0.39, 0.29) is 43.3 Å². The van der Waals surface area contributed by atoms with E-state index < -0.39 is 0 Å². The van der Waals surface area contributed by atoms with Crippen molar-refractivity contribution in [3.05, 3.63) is 16.1 Å². The van der Waals surface area contributed by atoms with Gasteiger partial charge in [-0.3, -0.25) is 9.69 Å². The average molecular weight is 418 g/mol. The molecule has 1 aromatic heterocycles. The van der Waals surface area contributed by atoms with Gasteiger partial charge >= 0.3 is 0 Å². The molecule has 140 valence electrons. The molecule has 5 nitrogen and oxygen atoms in total. The molecule has 0 spiro atoms. The molecule has 3 heterocycles. The predicted octanol–water partition coefficient (Wildman–Crippen LogP) is 2.50. The summed E-state index contributed by atoms with van der Waals surface area (Å²) in [6.07, 6.45) is 5.35. The largest absolute Gasteiger partial charge is 0.339 e.